The number of rotatable bonds is 11. The molecular weight excluding hydrogens is 240 g/mol. The van der Waals surface area contributed by atoms with E-state index in [1.165, 1.54) is 0 Å². The zero-order chi connectivity index (χ0) is 13.1. The van der Waals surface area contributed by atoms with Crippen molar-refractivity contribution in [3.8, 4) is 0 Å². The van der Waals surface area contributed by atoms with Gasteiger partial charge in [0.2, 0.25) is 10.0 Å². The van der Waals surface area contributed by atoms with Gasteiger partial charge in [-0.05, 0) is 32.4 Å². The number of likely N-dealkylation sites (N-methyl/N-ethyl adjacent to an activating group) is 1. The maximum atomic E-state index is 11.5. The predicted molar refractivity (Wildman–Crippen MR) is 70.5 cm³/mol. The molecule has 0 saturated heterocycles. The van der Waals surface area contributed by atoms with Gasteiger partial charge in [-0.1, -0.05) is 13.8 Å². The molecule has 0 aliphatic carbocycles. The van der Waals surface area contributed by atoms with Gasteiger partial charge in [-0.15, -0.1) is 0 Å². The van der Waals surface area contributed by atoms with E-state index >= 15 is 0 Å². The third-order valence-electron chi connectivity index (χ3n) is 2.56. The van der Waals surface area contributed by atoms with Gasteiger partial charge in [-0.2, -0.15) is 0 Å². The highest BCUT2D eigenvalue weighted by Crippen LogP contribution is 1.94. The molecule has 104 valence electrons. The van der Waals surface area contributed by atoms with Crippen molar-refractivity contribution >= 4 is 10.0 Å². The standard InChI is InChI=1S/C11H26N2O3S/c1-3-8-13(4-2)9-7-12-17(15,16)11-6-5-10-14/h12,14H,3-11H2,1-2H3. The molecule has 0 fully saturated rings. The average Bonchev–Trinajstić information content (AvgIpc) is 2.28. The number of aliphatic hydroxyl groups excluding tert-OH is 1. The second kappa shape index (κ2) is 9.82. The van der Waals surface area contributed by atoms with Crippen molar-refractivity contribution in [2.24, 2.45) is 0 Å². The smallest absolute Gasteiger partial charge is 0.211 e. The van der Waals surface area contributed by atoms with E-state index in [0.29, 0.717) is 19.4 Å². The molecule has 0 spiro atoms. The Labute approximate surface area is 105 Å². The Morgan fingerprint density at radius 2 is 1.88 bits per heavy atom. The monoisotopic (exact) mass is 266 g/mol. The molecule has 0 atom stereocenters. The SMILES string of the molecule is CCCN(CC)CCNS(=O)(=O)CCCCO. The van der Waals surface area contributed by atoms with Gasteiger partial charge >= 0.3 is 0 Å². The first-order valence-electron chi connectivity index (χ1n) is 6.36. The van der Waals surface area contributed by atoms with Gasteiger partial charge in [0.15, 0.2) is 0 Å². The van der Waals surface area contributed by atoms with Crippen molar-refractivity contribution in [1.29, 1.82) is 0 Å². The van der Waals surface area contributed by atoms with Crippen LogP contribution in [0.1, 0.15) is 33.1 Å². The molecule has 0 saturated carbocycles. The minimum Gasteiger partial charge on any atom is -0.396 e. The number of unbranched alkanes of at least 4 members (excludes halogenated alkanes) is 1. The normalized spacial score (nSPS) is 12.2. The summed E-state index contributed by atoms with van der Waals surface area (Å²) in [6.45, 7) is 7.41. The Hall–Kier alpha value is -0.170. The van der Waals surface area contributed by atoms with E-state index in [-0.39, 0.29) is 12.4 Å². The Kier molecular flexibility index (Phi) is 9.72. The summed E-state index contributed by atoms with van der Waals surface area (Å²) in [6.07, 6.45) is 2.13. The molecule has 5 nitrogen and oxygen atoms in total. The van der Waals surface area contributed by atoms with Gasteiger partial charge in [-0.3, -0.25) is 0 Å². The van der Waals surface area contributed by atoms with Crippen molar-refractivity contribution in [3.05, 3.63) is 0 Å². The summed E-state index contributed by atoms with van der Waals surface area (Å²) >= 11 is 0. The van der Waals surface area contributed by atoms with Crippen LogP contribution in [0.4, 0.5) is 0 Å². The van der Waals surface area contributed by atoms with Crippen LogP contribution >= 0.6 is 0 Å². The minimum absolute atomic E-state index is 0.0512. The lowest BCUT2D eigenvalue weighted by Crippen LogP contribution is -2.36. The summed E-state index contributed by atoms with van der Waals surface area (Å²) in [7, 11) is -3.16. The molecule has 0 radical (unpaired) electrons. The molecule has 0 amide bonds. The van der Waals surface area contributed by atoms with Crippen LogP contribution in [-0.4, -0.2) is 57.0 Å². The molecule has 0 unspecified atom stereocenters. The van der Waals surface area contributed by atoms with Crippen molar-refractivity contribution in [3.63, 3.8) is 0 Å². The zero-order valence-corrected chi connectivity index (χ0v) is 11.8. The van der Waals surface area contributed by atoms with E-state index < -0.39 is 10.0 Å². The van der Waals surface area contributed by atoms with Crippen molar-refractivity contribution < 1.29 is 13.5 Å². The molecule has 0 bridgehead atoms. The molecule has 0 aromatic carbocycles. The van der Waals surface area contributed by atoms with Crippen LogP contribution < -0.4 is 4.72 Å². The number of nitrogens with one attached hydrogen (secondary N) is 1. The van der Waals surface area contributed by atoms with Crippen LogP contribution in [0.25, 0.3) is 0 Å². The summed E-state index contributed by atoms with van der Waals surface area (Å²) in [6, 6.07) is 0. The lowest BCUT2D eigenvalue weighted by atomic mass is 10.4. The molecule has 0 aliphatic heterocycles. The predicted octanol–water partition coefficient (Wildman–Crippen LogP) is 0.410. The quantitative estimate of drug-likeness (QED) is 0.532. The van der Waals surface area contributed by atoms with Crippen molar-refractivity contribution in [1.82, 2.24) is 9.62 Å². The van der Waals surface area contributed by atoms with Gasteiger partial charge < -0.3 is 10.0 Å². The van der Waals surface area contributed by atoms with E-state index in [9.17, 15) is 8.42 Å². The largest absolute Gasteiger partial charge is 0.396 e. The van der Waals surface area contributed by atoms with Crippen LogP contribution in [0.2, 0.25) is 0 Å². The van der Waals surface area contributed by atoms with E-state index in [4.69, 9.17) is 5.11 Å². The topological polar surface area (TPSA) is 69.6 Å². The fourth-order valence-electron chi connectivity index (χ4n) is 1.58. The van der Waals surface area contributed by atoms with Crippen LogP contribution in [0.5, 0.6) is 0 Å². The molecule has 0 aromatic heterocycles. The zero-order valence-electron chi connectivity index (χ0n) is 11.0. The number of hydrogen-bond donors (Lipinski definition) is 2. The highest BCUT2D eigenvalue weighted by molar-refractivity contribution is 7.89. The van der Waals surface area contributed by atoms with E-state index in [1.807, 2.05) is 0 Å². The highest BCUT2D eigenvalue weighted by atomic mass is 32.2. The maximum absolute atomic E-state index is 11.5. The molecule has 0 rings (SSSR count). The minimum atomic E-state index is -3.16. The second-order valence-corrected chi connectivity index (χ2v) is 6.00. The average molecular weight is 266 g/mol. The lowest BCUT2D eigenvalue weighted by Gasteiger charge is -2.19. The third-order valence-corrected chi connectivity index (χ3v) is 4.03. The fraction of sp³-hybridized carbons (Fsp3) is 1.00. The van der Waals surface area contributed by atoms with Gasteiger partial charge in [0.25, 0.3) is 0 Å². The Balaban J connectivity index is 3.77. The summed E-state index contributed by atoms with van der Waals surface area (Å²) in [5.74, 6) is 0.105. The van der Waals surface area contributed by atoms with E-state index in [2.05, 4.69) is 23.5 Å². The van der Waals surface area contributed by atoms with Gasteiger partial charge in [0, 0.05) is 19.7 Å². The van der Waals surface area contributed by atoms with Crippen molar-refractivity contribution in [2.45, 2.75) is 33.1 Å². The van der Waals surface area contributed by atoms with Crippen LogP contribution in [0.3, 0.4) is 0 Å². The molecule has 17 heavy (non-hydrogen) atoms. The Morgan fingerprint density at radius 3 is 2.41 bits per heavy atom. The fourth-order valence-corrected chi connectivity index (χ4v) is 2.71. The summed E-state index contributed by atoms with van der Waals surface area (Å²) < 4.78 is 25.6. The lowest BCUT2D eigenvalue weighted by molar-refractivity contribution is 0.287. The van der Waals surface area contributed by atoms with Crippen LogP contribution in [0, 0.1) is 0 Å². The number of nitrogens with zero attached hydrogens (tertiary/aromatic N) is 1. The first-order valence-corrected chi connectivity index (χ1v) is 8.01. The molecule has 6 heteroatoms. The second-order valence-electron chi connectivity index (χ2n) is 4.08. The Morgan fingerprint density at radius 1 is 1.18 bits per heavy atom. The molecule has 0 aliphatic rings. The molecule has 2 N–H and O–H groups in total. The molecule has 0 heterocycles. The van der Waals surface area contributed by atoms with Gasteiger partial charge in [0.05, 0.1) is 5.75 Å². The molecule has 0 aromatic rings. The first kappa shape index (κ1) is 16.8. The van der Waals surface area contributed by atoms with Gasteiger partial charge in [-0.25, -0.2) is 13.1 Å². The number of hydrogen-bond acceptors (Lipinski definition) is 4. The van der Waals surface area contributed by atoms with Gasteiger partial charge in [0.1, 0.15) is 0 Å². The summed E-state index contributed by atoms with van der Waals surface area (Å²) in [5.41, 5.74) is 0. The Bertz CT molecular complexity index is 268. The summed E-state index contributed by atoms with van der Waals surface area (Å²) in [4.78, 5) is 2.22. The van der Waals surface area contributed by atoms with E-state index in [1.54, 1.807) is 0 Å². The third kappa shape index (κ3) is 9.52. The molecular formula is C11H26N2O3S. The van der Waals surface area contributed by atoms with E-state index in [0.717, 1.165) is 26.1 Å². The maximum Gasteiger partial charge on any atom is 0.211 e. The number of aliphatic hydroxyl groups is 1. The highest BCUT2D eigenvalue weighted by Gasteiger charge is 2.09. The van der Waals surface area contributed by atoms with Crippen LogP contribution in [0.15, 0.2) is 0 Å². The summed E-state index contributed by atoms with van der Waals surface area (Å²) in [5, 5.41) is 8.58. The first-order chi connectivity index (χ1) is 8.05. The number of sulfonamides is 1. The van der Waals surface area contributed by atoms with Crippen molar-refractivity contribution in [2.75, 3.05) is 38.5 Å². The van der Waals surface area contributed by atoms with Crippen LogP contribution in [-0.2, 0) is 10.0 Å².